The third-order valence-electron chi connectivity index (χ3n) is 3.63. The number of hydrogen-bond donors (Lipinski definition) is 0. The Kier molecular flexibility index (Phi) is 3.75. The first-order valence-electron chi connectivity index (χ1n) is 6.81. The molecule has 3 rings (SSSR count). The van der Waals surface area contributed by atoms with Crippen molar-refractivity contribution in [2.24, 2.45) is 0 Å². The monoisotopic (exact) mass is 250 g/mol. The van der Waals surface area contributed by atoms with E-state index in [1.54, 1.807) is 0 Å². The van der Waals surface area contributed by atoms with Crippen LogP contribution in [0.3, 0.4) is 0 Å². The molecule has 1 atom stereocenters. The Hall–Kier alpha value is -1.86. The second-order valence-electron chi connectivity index (χ2n) is 4.88. The lowest BCUT2D eigenvalue weighted by molar-refractivity contribution is 0.0561. The van der Waals surface area contributed by atoms with E-state index in [-0.39, 0.29) is 6.10 Å². The highest BCUT2D eigenvalue weighted by atomic mass is 16.5. The molecule has 2 aromatic rings. The molecule has 0 saturated carbocycles. The fourth-order valence-electron chi connectivity index (χ4n) is 2.72. The maximum atomic E-state index is 5.96. The Labute approximate surface area is 114 Å². The first kappa shape index (κ1) is 12.2. The van der Waals surface area contributed by atoms with Crippen molar-refractivity contribution in [2.75, 3.05) is 6.61 Å². The molecule has 0 fully saturated rings. The number of hydrogen-bond acceptors (Lipinski definition) is 1. The topological polar surface area (TPSA) is 9.23 Å². The highest BCUT2D eigenvalue weighted by Crippen LogP contribution is 2.32. The van der Waals surface area contributed by atoms with Crippen molar-refractivity contribution in [1.82, 2.24) is 0 Å². The SMILES string of the molecule is C1=CC[C@@H](C(c2ccccc2)c2ccccc2)OC1. The Balaban J connectivity index is 1.98. The summed E-state index contributed by atoms with van der Waals surface area (Å²) in [6.07, 6.45) is 5.54. The quantitative estimate of drug-likeness (QED) is 0.743. The predicted molar refractivity (Wildman–Crippen MR) is 78.2 cm³/mol. The van der Waals surface area contributed by atoms with Gasteiger partial charge in [-0.3, -0.25) is 0 Å². The maximum Gasteiger partial charge on any atom is 0.0722 e. The van der Waals surface area contributed by atoms with Gasteiger partial charge in [0.05, 0.1) is 12.7 Å². The first-order chi connectivity index (χ1) is 9.45. The summed E-state index contributed by atoms with van der Waals surface area (Å²) in [5, 5.41) is 0. The summed E-state index contributed by atoms with van der Waals surface area (Å²) in [7, 11) is 0. The molecule has 19 heavy (non-hydrogen) atoms. The van der Waals surface area contributed by atoms with Gasteiger partial charge in [0.1, 0.15) is 0 Å². The summed E-state index contributed by atoms with van der Waals surface area (Å²) in [5.41, 5.74) is 2.66. The summed E-state index contributed by atoms with van der Waals surface area (Å²) >= 11 is 0. The average molecular weight is 250 g/mol. The van der Waals surface area contributed by atoms with Crippen molar-refractivity contribution >= 4 is 0 Å². The van der Waals surface area contributed by atoms with Crippen LogP contribution < -0.4 is 0 Å². The van der Waals surface area contributed by atoms with Crippen molar-refractivity contribution in [3.05, 3.63) is 83.9 Å². The van der Waals surface area contributed by atoms with Crippen LogP contribution in [0.4, 0.5) is 0 Å². The predicted octanol–water partition coefficient (Wildman–Crippen LogP) is 4.16. The molecule has 0 aliphatic carbocycles. The standard InChI is InChI=1S/C18H18O/c1-3-9-15(10-4-1)18(16-11-5-2-6-12-16)17-13-7-8-14-19-17/h1-12,17-18H,13-14H2/t17-/m0/s1. The summed E-state index contributed by atoms with van der Waals surface area (Å²) in [4.78, 5) is 0. The van der Waals surface area contributed by atoms with Crippen LogP contribution in [0, 0.1) is 0 Å². The smallest absolute Gasteiger partial charge is 0.0722 e. The molecule has 1 heteroatoms. The van der Waals surface area contributed by atoms with Crippen LogP contribution in [-0.4, -0.2) is 12.7 Å². The zero-order valence-electron chi connectivity index (χ0n) is 10.9. The van der Waals surface area contributed by atoms with Gasteiger partial charge in [0, 0.05) is 5.92 Å². The summed E-state index contributed by atoms with van der Waals surface area (Å²) in [5.74, 6) is 0.312. The number of rotatable bonds is 3. The van der Waals surface area contributed by atoms with Gasteiger partial charge < -0.3 is 4.74 Å². The zero-order valence-corrected chi connectivity index (χ0v) is 10.9. The Bertz CT molecular complexity index is 491. The van der Waals surface area contributed by atoms with Crippen LogP contribution in [0.1, 0.15) is 23.5 Å². The van der Waals surface area contributed by atoms with E-state index in [1.807, 2.05) is 0 Å². The molecule has 1 heterocycles. The van der Waals surface area contributed by atoms with E-state index in [4.69, 9.17) is 4.74 Å². The van der Waals surface area contributed by atoms with E-state index < -0.39 is 0 Å². The zero-order chi connectivity index (χ0) is 12.9. The minimum absolute atomic E-state index is 0.231. The summed E-state index contributed by atoms with van der Waals surface area (Å²) in [6.45, 7) is 0.723. The van der Waals surface area contributed by atoms with E-state index in [1.165, 1.54) is 11.1 Å². The lowest BCUT2D eigenvalue weighted by Crippen LogP contribution is -2.25. The molecule has 0 unspecified atom stereocenters. The maximum absolute atomic E-state index is 5.96. The summed E-state index contributed by atoms with van der Waals surface area (Å²) in [6, 6.07) is 21.3. The average Bonchev–Trinajstić information content (AvgIpc) is 2.51. The molecule has 0 spiro atoms. The van der Waals surface area contributed by atoms with Gasteiger partial charge >= 0.3 is 0 Å². The molecule has 0 N–H and O–H groups in total. The fourth-order valence-corrected chi connectivity index (χ4v) is 2.72. The lowest BCUT2D eigenvalue weighted by atomic mass is 9.84. The third kappa shape index (κ3) is 2.77. The van der Waals surface area contributed by atoms with Gasteiger partial charge in [-0.1, -0.05) is 72.8 Å². The largest absolute Gasteiger partial charge is 0.373 e. The van der Waals surface area contributed by atoms with Crippen LogP contribution in [0.5, 0.6) is 0 Å². The number of benzene rings is 2. The second-order valence-corrected chi connectivity index (χ2v) is 4.88. The van der Waals surface area contributed by atoms with Crippen molar-refractivity contribution in [3.8, 4) is 0 Å². The molecule has 0 saturated heterocycles. The van der Waals surface area contributed by atoms with Crippen molar-refractivity contribution in [3.63, 3.8) is 0 Å². The van der Waals surface area contributed by atoms with E-state index in [0.717, 1.165) is 13.0 Å². The van der Waals surface area contributed by atoms with Crippen molar-refractivity contribution < 1.29 is 4.74 Å². The minimum Gasteiger partial charge on any atom is -0.373 e. The van der Waals surface area contributed by atoms with Gasteiger partial charge in [-0.05, 0) is 17.5 Å². The Morgan fingerprint density at radius 1 is 0.789 bits per heavy atom. The highest BCUT2D eigenvalue weighted by molar-refractivity contribution is 5.34. The third-order valence-corrected chi connectivity index (χ3v) is 3.63. The summed E-state index contributed by atoms with van der Waals surface area (Å²) < 4.78 is 5.96. The van der Waals surface area contributed by atoms with Gasteiger partial charge in [-0.2, -0.15) is 0 Å². The van der Waals surface area contributed by atoms with Crippen molar-refractivity contribution in [2.45, 2.75) is 18.4 Å². The minimum atomic E-state index is 0.231. The fraction of sp³-hybridized carbons (Fsp3) is 0.222. The van der Waals surface area contributed by atoms with E-state index in [2.05, 4.69) is 72.8 Å². The molecule has 1 aliphatic rings. The van der Waals surface area contributed by atoms with Crippen LogP contribution in [0.2, 0.25) is 0 Å². The van der Waals surface area contributed by atoms with Crippen LogP contribution in [0.25, 0.3) is 0 Å². The van der Waals surface area contributed by atoms with Gasteiger partial charge in [0.25, 0.3) is 0 Å². The second kappa shape index (κ2) is 5.85. The molecular formula is C18H18O. The normalized spacial score (nSPS) is 18.7. The molecule has 96 valence electrons. The lowest BCUT2D eigenvalue weighted by Gasteiger charge is -2.29. The Morgan fingerprint density at radius 2 is 1.37 bits per heavy atom. The van der Waals surface area contributed by atoms with Crippen LogP contribution >= 0.6 is 0 Å². The van der Waals surface area contributed by atoms with E-state index in [9.17, 15) is 0 Å². The molecule has 2 aromatic carbocycles. The molecule has 0 bridgehead atoms. The van der Waals surface area contributed by atoms with Gasteiger partial charge in [-0.25, -0.2) is 0 Å². The van der Waals surface area contributed by atoms with Crippen molar-refractivity contribution in [1.29, 1.82) is 0 Å². The first-order valence-corrected chi connectivity index (χ1v) is 6.81. The molecule has 0 radical (unpaired) electrons. The molecule has 0 amide bonds. The highest BCUT2D eigenvalue weighted by Gasteiger charge is 2.25. The molecule has 1 nitrogen and oxygen atoms in total. The molecule has 0 aromatic heterocycles. The molecular weight excluding hydrogens is 232 g/mol. The Morgan fingerprint density at radius 3 is 1.84 bits per heavy atom. The van der Waals surface area contributed by atoms with Crippen LogP contribution in [0.15, 0.2) is 72.8 Å². The number of ether oxygens (including phenoxy) is 1. The van der Waals surface area contributed by atoms with E-state index in [0.29, 0.717) is 5.92 Å². The van der Waals surface area contributed by atoms with Crippen LogP contribution in [-0.2, 0) is 4.74 Å². The van der Waals surface area contributed by atoms with Gasteiger partial charge in [0.15, 0.2) is 0 Å². The van der Waals surface area contributed by atoms with Gasteiger partial charge in [-0.15, -0.1) is 0 Å². The molecule has 1 aliphatic heterocycles. The van der Waals surface area contributed by atoms with Gasteiger partial charge in [0.2, 0.25) is 0 Å². The van der Waals surface area contributed by atoms with E-state index >= 15 is 0 Å².